The molecule has 0 atom stereocenters. The Kier molecular flexibility index (Phi) is 4.07. The lowest BCUT2D eigenvalue weighted by Crippen LogP contribution is -2.06. The van der Waals surface area contributed by atoms with Crippen LogP contribution in [0.25, 0.3) is 0 Å². The Morgan fingerprint density at radius 2 is 1.93 bits per heavy atom. The zero-order valence-corrected chi connectivity index (χ0v) is 7.95. The Labute approximate surface area is 84.6 Å². The molecule has 0 bridgehead atoms. The minimum atomic E-state index is -4.40. The molecule has 2 nitrogen and oxygen atoms in total. The smallest absolute Gasteiger partial charge is 0.293 e. The Balaban J connectivity index is 0.00000169. The third-order valence-corrected chi connectivity index (χ3v) is 1.45. The molecular weight excluding hydrogens is 219 g/mol. The molecule has 0 saturated heterocycles. The lowest BCUT2D eigenvalue weighted by Gasteiger charge is -2.05. The highest BCUT2D eigenvalue weighted by Gasteiger charge is 2.30. The second-order valence-corrected chi connectivity index (χ2v) is 2.49. The van der Waals surface area contributed by atoms with E-state index in [9.17, 15) is 18.0 Å². The van der Waals surface area contributed by atoms with E-state index in [1.54, 1.807) is 0 Å². The van der Waals surface area contributed by atoms with Crippen LogP contribution in [0.4, 0.5) is 13.2 Å². The van der Waals surface area contributed by atoms with E-state index < -0.39 is 11.7 Å². The molecule has 1 rings (SSSR count). The van der Waals surface area contributed by atoms with Crippen LogP contribution in [0.5, 0.6) is 0 Å². The number of aromatic nitrogens is 1. The fourth-order valence-corrected chi connectivity index (χ4v) is 0.770. The van der Waals surface area contributed by atoms with Crippen molar-refractivity contribution in [3.63, 3.8) is 0 Å². The zero-order valence-electron chi connectivity index (χ0n) is 7.13. The third-order valence-electron chi connectivity index (χ3n) is 1.45. The lowest BCUT2D eigenvalue weighted by molar-refractivity contribution is -0.137. The topological polar surface area (TPSA) is 30.0 Å². The fraction of sp³-hybridized carbons (Fsp3) is 0.250. The van der Waals surface area contributed by atoms with E-state index >= 15 is 0 Å². The van der Waals surface area contributed by atoms with Gasteiger partial charge in [0.25, 0.3) is 0 Å². The van der Waals surface area contributed by atoms with Gasteiger partial charge in [0.1, 0.15) is 5.69 Å². The van der Waals surface area contributed by atoms with Gasteiger partial charge in [-0.25, -0.2) is 0 Å². The first-order valence-corrected chi connectivity index (χ1v) is 3.45. The van der Waals surface area contributed by atoms with Gasteiger partial charge in [-0.3, -0.25) is 9.78 Å². The maximum Gasteiger partial charge on any atom is 0.417 e. The number of ketones is 1. The first kappa shape index (κ1) is 12.9. The van der Waals surface area contributed by atoms with Gasteiger partial charge in [-0.1, -0.05) is 0 Å². The number of hydrogen-bond donors (Lipinski definition) is 0. The molecule has 1 aromatic rings. The number of carbonyl (C=O) groups excluding carboxylic acids is 1. The minimum Gasteiger partial charge on any atom is -0.293 e. The second-order valence-electron chi connectivity index (χ2n) is 2.49. The van der Waals surface area contributed by atoms with Crippen LogP contribution in [0.3, 0.4) is 0 Å². The predicted molar refractivity (Wildman–Crippen MR) is 46.5 cm³/mol. The van der Waals surface area contributed by atoms with Crippen LogP contribution in [0.2, 0.25) is 0 Å². The number of pyridine rings is 1. The van der Waals surface area contributed by atoms with Gasteiger partial charge in [0.05, 0.1) is 5.56 Å². The molecule has 1 aromatic heterocycles. The summed E-state index contributed by atoms with van der Waals surface area (Å²) in [5, 5.41) is 0. The summed E-state index contributed by atoms with van der Waals surface area (Å²) in [7, 11) is 0. The summed E-state index contributed by atoms with van der Waals surface area (Å²) in [6, 6.07) is 1.90. The van der Waals surface area contributed by atoms with E-state index in [1.807, 2.05) is 0 Å². The number of rotatable bonds is 1. The average molecular weight is 226 g/mol. The van der Waals surface area contributed by atoms with Crippen molar-refractivity contribution < 1.29 is 18.0 Å². The van der Waals surface area contributed by atoms with Crippen molar-refractivity contribution in [2.24, 2.45) is 0 Å². The normalized spacial score (nSPS) is 10.6. The Morgan fingerprint density at radius 3 is 2.21 bits per heavy atom. The molecular formula is C8H7ClF3NO. The molecule has 78 valence electrons. The van der Waals surface area contributed by atoms with E-state index in [2.05, 4.69) is 4.98 Å². The van der Waals surface area contributed by atoms with Crippen molar-refractivity contribution in [3.8, 4) is 0 Å². The fourth-order valence-electron chi connectivity index (χ4n) is 0.770. The van der Waals surface area contributed by atoms with Gasteiger partial charge in [0.15, 0.2) is 5.78 Å². The number of hydrogen-bond acceptors (Lipinski definition) is 2. The van der Waals surface area contributed by atoms with Gasteiger partial charge in [-0.15, -0.1) is 12.4 Å². The third kappa shape index (κ3) is 2.99. The number of carbonyl (C=O) groups is 1. The highest BCUT2D eigenvalue weighted by Crippen LogP contribution is 2.28. The van der Waals surface area contributed by atoms with Gasteiger partial charge < -0.3 is 0 Å². The molecule has 0 saturated carbocycles. The summed E-state index contributed by atoms with van der Waals surface area (Å²) in [4.78, 5) is 14.0. The van der Waals surface area contributed by atoms with E-state index in [4.69, 9.17) is 0 Å². The predicted octanol–water partition coefficient (Wildman–Crippen LogP) is 2.72. The molecule has 1 heterocycles. The van der Waals surface area contributed by atoms with Gasteiger partial charge >= 0.3 is 6.18 Å². The maximum absolute atomic E-state index is 12.0. The van der Waals surface area contributed by atoms with Crippen LogP contribution in [0, 0.1) is 0 Å². The lowest BCUT2D eigenvalue weighted by atomic mass is 10.2. The van der Waals surface area contributed by atoms with Crippen molar-refractivity contribution in [2.45, 2.75) is 13.1 Å². The SMILES string of the molecule is CC(=O)c1ccc(C(F)(F)F)cn1.Cl. The second kappa shape index (κ2) is 4.41. The van der Waals surface area contributed by atoms with Crippen LogP contribution < -0.4 is 0 Å². The summed E-state index contributed by atoms with van der Waals surface area (Å²) < 4.78 is 36.0. The highest BCUT2D eigenvalue weighted by atomic mass is 35.5. The van der Waals surface area contributed by atoms with Crippen LogP contribution in [-0.2, 0) is 6.18 Å². The van der Waals surface area contributed by atoms with Crippen molar-refractivity contribution >= 4 is 18.2 Å². The Hall–Kier alpha value is -1.10. The number of Topliss-reactive ketones (excluding diaryl/α,β-unsaturated/α-hetero) is 1. The molecule has 0 unspecified atom stereocenters. The molecule has 0 aromatic carbocycles. The highest BCUT2D eigenvalue weighted by molar-refractivity contribution is 5.91. The Morgan fingerprint density at radius 1 is 1.36 bits per heavy atom. The van der Waals surface area contributed by atoms with E-state index in [1.165, 1.54) is 6.92 Å². The first-order valence-electron chi connectivity index (χ1n) is 3.45. The first-order chi connectivity index (χ1) is 5.91. The van der Waals surface area contributed by atoms with Crippen LogP contribution in [0.15, 0.2) is 18.3 Å². The summed E-state index contributed by atoms with van der Waals surface area (Å²) in [5.41, 5.74) is -0.814. The minimum absolute atomic E-state index is 0. The molecule has 0 aliphatic carbocycles. The van der Waals surface area contributed by atoms with Gasteiger partial charge in [-0.2, -0.15) is 13.2 Å². The number of halogens is 4. The molecule has 0 amide bonds. The molecule has 0 fully saturated rings. The number of alkyl halides is 3. The maximum atomic E-state index is 12.0. The summed E-state index contributed by atoms with van der Waals surface area (Å²) in [6.07, 6.45) is -3.75. The van der Waals surface area contributed by atoms with Crippen molar-refractivity contribution in [1.29, 1.82) is 0 Å². The van der Waals surface area contributed by atoms with Crippen LogP contribution >= 0.6 is 12.4 Å². The quantitative estimate of drug-likeness (QED) is 0.688. The standard InChI is InChI=1S/C8H6F3NO.ClH/c1-5(13)7-3-2-6(4-12-7)8(9,10)11;/h2-4H,1H3;1H. The molecule has 0 aliphatic rings. The van der Waals surface area contributed by atoms with Crippen LogP contribution in [-0.4, -0.2) is 10.8 Å². The Bertz CT molecular complexity index is 320. The molecule has 0 aliphatic heterocycles. The molecule has 14 heavy (non-hydrogen) atoms. The van der Waals surface area contributed by atoms with Crippen molar-refractivity contribution in [1.82, 2.24) is 4.98 Å². The summed E-state index contributed by atoms with van der Waals surface area (Å²) >= 11 is 0. The largest absolute Gasteiger partial charge is 0.417 e. The molecule has 6 heteroatoms. The number of nitrogens with zero attached hydrogens (tertiary/aromatic N) is 1. The van der Waals surface area contributed by atoms with Gasteiger partial charge in [0, 0.05) is 13.1 Å². The van der Waals surface area contributed by atoms with Crippen molar-refractivity contribution in [3.05, 3.63) is 29.6 Å². The van der Waals surface area contributed by atoms with Crippen LogP contribution in [0.1, 0.15) is 23.0 Å². The summed E-state index contributed by atoms with van der Waals surface area (Å²) in [6.45, 7) is 1.25. The average Bonchev–Trinajstić information content (AvgIpc) is 2.03. The van der Waals surface area contributed by atoms with E-state index in [-0.39, 0.29) is 23.9 Å². The molecule has 0 spiro atoms. The van der Waals surface area contributed by atoms with Crippen molar-refractivity contribution in [2.75, 3.05) is 0 Å². The van der Waals surface area contributed by atoms with E-state index in [0.29, 0.717) is 6.20 Å². The monoisotopic (exact) mass is 225 g/mol. The van der Waals surface area contributed by atoms with E-state index in [0.717, 1.165) is 12.1 Å². The molecule has 0 N–H and O–H groups in total. The zero-order chi connectivity index (χ0) is 10.1. The summed E-state index contributed by atoms with van der Waals surface area (Å²) in [5.74, 6) is -0.353. The van der Waals surface area contributed by atoms with Gasteiger partial charge in [-0.05, 0) is 12.1 Å². The van der Waals surface area contributed by atoms with Gasteiger partial charge in [0.2, 0.25) is 0 Å². The molecule has 0 radical (unpaired) electrons.